The number of carbonyl (C=O) groups excluding carboxylic acids is 2. The molecule has 0 aliphatic heterocycles. The van der Waals surface area contributed by atoms with Crippen molar-refractivity contribution in [1.29, 1.82) is 0 Å². The van der Waals surface area contributed by atoms with Crippen LogP contribution in [0.4, 0.5) is 0 Å². The van der Waals surface area contributed by atoms with E-state index in [1.807, 2.05) is 43.5 Å². The minimum atomic E-state index is -1.28. The summed E-state index contributed by atoms with van der Waals surface area (Å²) in [7, 11) is 0. The van der Waals surface area contributed by atoms with Crippen molar-refractivity contribution in [2.45, 2.75) is 72.8 Å². The topological polar surface area (TPSA) is 78.5 Å². The molecule has 2 aromatic rings. The first kappa shape index (κ1) is 36.4. The Morgan fingerprint density at radius 1 is 0.951 bits per heavy atom. The zero-order valence-electron chi connectivity index (χ0n) is 25.8. The third-order valence-corrected chi connectivity index (χ3v) is 7.32. The molecule has 0 aliphatic rings. The Hall–Kier alpha value is -2.65. The number of allylic oxidation sites excluding steroid dienone is 5. The van der Waals surface area contributed by atoms with E-state index in [9.17, 15) is 14.7 Å². The molecule has 0 fully saturated rings. The molecule has 216 valence electrons. The van der Waals surface area contributed by atoms with Crippen LogP contribution in [0.25, 0.3) is 11.1 Å². The molecule has 0 unspecified atom stereocenters. The summed E-state index contributed by atoms with van der Waals surface area (Å²) in [6, 6.07) is 12.1. The van der Waals surface area contributed by atoms with Gasteiger partial charge in [-0.25, -0.2) is 0 Å². The quantitative estimate of drug-likeness (QED) is 0.244. The first-order valence-electron chi connectivity index (χ1n) is 13.9. The monoisotopic (exact) mass is 569 g/mol. The number of nitrogens with one attached hydrogen (secondary N) is 1. The van der Waals surface area contributed by atoms with E-state index >= 15 is 0 Å². The summed E-state index contributed by atoms with van der Waals surface area (Å²) in [4.78, 5) is 24.8. The number of ether oxygens (including phenoxy) is 1. The van der Waals surface area contributed by atoms with Gasteiger partial charge in [0.1, 0.15) is 12.4 Å². The average Bonchev–Trinajstić information content (AvgIpc) is 2.90. The molecule has 5 nitrogen and oxygen atoms in total. The molecule has 0 aliphatic carbocycles. The van der Waals surface area contributed by atoms with Crippen LogP contribution in [-0.2, 0) is 4.79 Å². The fraction of sp³-hybridized carbons (Fsp3) is 0.412. The molecule has 0 aromatic heterocycles. The Morgan fingerprint density at radius 2 is 1.61 bits per heavy atom. The fourth-order valence-electron chi connectivity index (χ4n) is 4.25. The SMILES string of the molecule is CSCC[C@H](NC(=O)c1ccc(OC/C=C(\C)CC/C=C(\C)CCC=C(C)C)cc1-c1ccccc1C)C(=O)[O-].[Li+]. The van der Waals surface area contributed by atoms with Gasteiger partial charge in [-0.05, 0) is 120 Å². The maximum Gasteiger partial charge on any atom is 1.00 e. The van der Waals surface area contributed by atoms with Crippen LogP contribution in [0.1, 0.15) is 75.7 Å². The molecular weight excluding hydrogens is 525 g/mol. The van der Waals surface area contributed by atoms with Gasteiger partial charge in [0.2, 0.25) is 0 Å². The molecule has 1 amide bonds. The largest absolute Gasteiger partial charge is 1.00 e. The van der Waals surface area contributed by atoms with E-state index in [4.69, 9.17) is 4.74 Å². The number of aryl methyl sites for hydroxylation is 1. The van der Waals surface area contributed by atoms with Crippen LogP contribution < -0.4 is 34.0 Å². The van der Waals surface area contributed by atoms with Gasteiger partial charge in [-0.3, -0.25) is 4.79 Å². The predicted molar refractivity (Wildman–Crippen MR) is 167 cm³/mol. The molecule has 1 N–H and O–H groups in total. The van der Waals surface area contributed by atoms with E-state index in [2.05, 4.69) is 51.2 Å². The number of hydrogen-bond donors (Lipinski definition) is 1. The number of aliphatic carboxylic acids is 1. The predicted octanol–water partition coefficient (Wildman–Crippen LogP) is 4.07. The Labute approximate surface area is 263 Å². The molecule has 0 bridgehead atoms. The second kappa shape index (κ2) is 19.5. The number of benzene rings is 2. The molecule has 1 atom stereocenters. The minimum Gasteiger partial charge on any atom is -0.548 e. The van der Waals surface area contributed by atoms with Gasteiger partial charge in [0.05, 0.1) is 12.0 Å². The number of rotatable bonds is 16. The van der Waals surface area contributed by atoms with E-state index in [1.165, 1.54) is 28.5 Å². The number of carboxylic acid groups (broad SMARTS) is 1. The van der Waals surface area contributed by atoms with Crippen LogP contribution in [0.2, 0.25) is 0 Å². The van der Waals surface area contributed by atoms with Crippen LogP contribution in [0.5, 0.6) is 5.75 Å². The molecule has 2 aromatic carbocycles. The van der Waals surface area contributed by atoms with Crippen LogP contribution in [0.15, 0.2) is 77.4 Å². The standard InChI is InChI=1S/C34H45NO4S.Li/c1-24(2)11-9-12-25(3)13-10-14-26(4)19-21-39-28-17-18-30(31(23-28)29-16-8-7-15-27(29)5)33(36)35-32(34(37)38)20-22-40-6;/h7-8,11,13,15-19,23,32H,9-10,12,14,20-22H2,1-6H3,(H,35,36)(H,37,38);/q;+1/p-1/b25-13+,26-19+;/t32-;/m0./s1. The normalized spacial score (nSPS) is 12.2. The molecule has 0 radical (unpaired) electrons. The molecule has 41 heavy (non-hydrogen) atoms. The maximum absolute atomic E-state index is 13.2. The van der Waals surface area contributed by atoms with Crippen LogP contribution in [-0.4, -0.2) is 36.5 Å². The summed E-state index contributed by atoms with van der Waals surface area (Å²) in [5.74, 6) is -0.473. The molecule has 0 saturated carbocycles. The number of thioether (sulfide) groups is 1. The van der Waals surface area contributed by atoms with Crippen LogP contribution in [0, 0.1) is 6.92 Å². The van der Waals surface area contributed by atoms with Crippen LogP contribution in [0.3, 0.4) is 0 Å². The summed E-state index contributed by atoms with van der Waals surface area (Å²) >= 11 is 1.52. The number of amides is 1. The molecule has 7 heteroatoms. The molecule has 0 heterocycles. The summed E-state index contributed by atoms with van der Waals surface area (Å²) < 4.78 is 6.05. The van der Waals surface area contributed by atoms with Gasteiger partial charge in [-0.15, -0.1) is 0 Å². The zero-order chi connectivity index (χ0) is 29.5. The van der Waals surface area contributed by atoms with Gasteiger partial charge in [-0.1, -0.05) is 53.1 Å². The second-order valence-electron chi connectivity index (χ2n) is 10.4. The minimum absolute atomic E-state index is 0. The fourth-order valence-corrected chi connectivity index (χ4v) is 4.72. The van der Waals surface area contributed by atoms with Crippen molar-refractivity contribution < 1.29 is 38.3 Å². The first-order chi connectivity index (χ1) is 19.1. The van der Waals surface area contributed by atoms with Crippen molar-refractivity contribution in [1.82, 2.24) is 5.32 Å². The number of carbonyl (C=O) groups is 2. The van der Waals surface area contributed by atoms with Crippen LogP contribution >= 0.6 is 11.8 Å². The maximum atomic E-state index is 13.2. The Morgan fingerprint density at radius 3 is 2.24 bits per heavy atom. The van der Waals surface area contributed by atoms with Crippen molar-refractivity contribution in [3.8, 4) is 16.9 Å². The Bertz CT molecular complexity index is 1230. The zero-order valence-corrected chi connectivity index (χ0v) is 26.7. The van der Waals surface area contributed by atoms with Crippen molar-refractivity contribution in [3.05, 3.63) is 88.5 Å². The van der Waals surface area contributed by atoms with E-state index in [0.29, 0.717) is 35.7 Å². The summed E-state index contributed by atoms with van der Waals surface area (Å²) in [5, 5.41) is 14.3. The van der Waals surface area contributed by atoms with Crippen molar-refractivity contribution in [3.63, 3.8) is 0 Å². The smallest absolute Gasteiger partial charge is 0.548 e. The van der Waals surface area contributed by atoms with E-state index in [1.54, 1.807) is 12.1 Å². The Balaban J connectivity index is 0.00000840. The van der Waals surface area contributed by atoms with Crippen molar-refractivity contribution >= 4 is 23.6 Å². The van der Waals surface area contributed by atoms with Gasteiger partial charge in [-0.2, -0.15) is 11.8 Å². The molecular formula is C34H44LiNO4S. The summed E-state index contributed by atoms with van der Waals surface area (Å²) in [6.45, 7) is 11.0. The Kier molecular flexibility index (Phi) is 17.3. The third kappa shape index (κ3) is 13.2. The van der Waals surface area contributed by atoms with Gasteiger partial charge in [0.15, 0.2) is 0 Å². The summed E-state index contributed by atoms with van der Waals surface area (Å²) in [6.07, 6.45) is 13.1. The number of hydrogen-bond acceptors (Lipinski definition) is 5. The summed E-state index contributed by atoms with van der Waals surface area (Å²) in [5.41, 5.74) is 7.05. The van der Waals surface area contributed by atoms with Crippen molar-refractivity contribution in [2.75, 3.05) is 18.6 Å². The van der Waals surface area contributed by atoms with E-state index < -0.39 is 17.9 Å². The average molecular weight is 570 g/mol. The molecule has 0 saturated heterocycles. The van der Waals surface area contributed by atoms with Crippen molar-refractivity contribution in [2.24, 2.45) is 0 Å². The van der Waals surface area contributed by atoms with E-state index in [-0.39, 0.29) is 18.9 Å². The number of carboxylic acids is 1. The van der Waals surface area contributed by atoms with Gasteiger partial charge in [0.25, 0.3) is 5.91 Å². The molecule has 0 spiro atoms. The van der Waals surface area contributed by atoms with E-state index in [0.717, 1.165) is 36.8 Å². The van der Waals surface area contributed by atoms with Gasteiger partial charge < -0.3 is 20.0 Å². The molecule has 2 rings (SSSR count). The third-order valence-electron chi connectivity index (χ3n) is 6.68. The second-order valence-corrected chi connectivity index (χ2v) is 11.4. The van der Waals surface area contributed by atoms with Gasteiger partial charge >= 0.3 is 18.9 Å². The first-order valence-corrected chi connectivity index (χ1v) is 15.3. The van der Waals surface area contributed by atoms with Gasteiger partial charge in [0, 0.05) is 5.56 Å².